The molecule has 4 nitrogen and oxygen atoms in total. The molecule has 1 N–H and O–H groups in total. The molecule has 4 heteroatoms. The highest BCUT2D eigenvalue weighted by atomic mass is 16.2. The molecule has 1 aliphatic heterocycles. The summed E-state index contributed by atoms with van der Waals surface area (Å²) in [6.07, 6.45) is 2.47. The maximum atomic E-state index is 11.4. The Morgan fingerprint density at radius 3 is 2.80 bits per heavy atom. The van der Waals surface area contributed by atoms with Crippen LogP contribution in [0.25, 0.3) is 0 Å². The quantitative estimate of drug-likeness (QED) is 0.732. The van der Waals surface area contributed by atoms with Gasteiger partial charge in [0.25, 0.3) is 0 Å². The Labute approximate surface area is 91.0 Å². The van der Waals surface area contributed by atoms with Crippen LogP contribution in [-0.2, 0) is 9.59 Å². The Bertz CT molecular complexity index is 239. The third-order valence-corrected chi connectivity index (χ3v) is 2.55. The van der Waals surface area contributed by atoms with Crippen molar-refractivity contribution >= 4 is 11.8 Å². The molecule has 0 aromatic rings. The van der Waals surface area contributed by atoms with E-state index in [4.69, 9.17) is 0 Å². The zero-order valence-corrected chi connectivity index (χ0v) is 9.58. The molecule has 15 heavy (non-hydrogen) atoms. The Morgan fingerprint density at radius 2 is 2.27 bits per heavy atom. The summed E-state index contributed by atoms with van der Waals surface area (Å²) in [5.74, 6) is 0.665. The molecule has 0 atom stereocenters. The molecule has 0 unspecified atom stereocenters. The molecular weight excluding hydrogens is 192 g/mol. The first-order valence-corrected chi connectivity index (χ1v) is 5.64. The fraction of sp³-hybridized carbons (Fsp3) is 0.818. The molecule has 0 aromatic heterocycles. The summed E-state index contributed by atoms with van der Waals surface area (Å²) in [5, 5.41) is 2.83. The van der Waals surface area contributed by atoms with Gasteiger partial charge in [-0.05, 0) is 18.8 Å². The number of nitrogens with one attached hydrogen (secondary N) is 1. The van der Waals surface area contributed by atoms with Gasteiger partial charge in [-0.3, -0.25) is 9.59 Å². The van der Waals surface area contributed by atoms with Crippen molar-refractivity contribution in [1.82, 2.24) is 10.2 Å². The number of carbonyl (C=O) groups excluding carboxylic acids is 2. The second kappa shape index (κ2) is 5.73. The summed E-state index contributed by atoms with van der Waals surface area (Å²) in [4.78, 5) is 24.3. The van der Waals surface area contributed by atoms with E-state index in [9.17, 15) is 9.59 Å². The van der Waals surface area contributed by atoms with Crippen LogP contribution in [0.2, 0.25) is 0 Å². The Balaban J connectivity index is 2.15. The van der Waals surface area contributed by atoms with Crippen molar-refractivity contribution in [3.05, 3.63) is 0 Å². The van der Waals surface area contributed by atoms with Gasteiger partial charge < -0.3 is 10.2 Å². The van der Waals surface area contributed by atoms with E-state index in [1.54, 1.807) is 4.90 Å². The van der Waals surface area contributed by atoms with Crippen LogP contribution in [0, 0.1) is 5.92 Å². The summed E-state index contributed by atoms with van der Waals surface area (Å²) in [6.45, 7) is 5.91. The van der Waals surface area contributed by atoms with E-state index >= 15 is 0 Å². The van der Waals surface area contributed by atoms with Crippen LogP contribution in [0.4, 0.5) is 0 Å². The molecule has 86 valence electrons. The number of rotatable bonds is 5. The van der Waals surface area contributed by atoms with E-state index in [0.29, 0.717) is 18.9 Å². The number of carbonyl (C=O) groups is 2. The minimum Gasteiger partial charge on any atom is -0.355 e. The fourth-order valence-electron chi connectivity index (χ4n) is 1.60. The number of hydrogen-bond donors (Lipinski definition) is 1. The van der Waals surface area contributed by atoms with Crippen LogP contribution in [-0.4, -0.2) is 36.3 Å². The van der Waals surface area contributed by atoms with E-state index in [2.05, 4.69) is 19.2 Å². The predicted molar refractivity (Wildman–Crippen MR) is 58.3 cm³/mol. The third kappa shape index (κ3) is 4.32. The zero-order chi connectivity index (χ0) is 11.3. The van der Waals surface area contributed by atoms with Gasteiger partial charge in [0.2, 0.25) is 11.8 Å². The normalized spacial score (nSPS) is 16.2. The van der Waals surface area contributed by atoms with E-state index < -0.39 is 0 Å². The van der Waals surface area contributed by atoms with E-state index in [1.807, 2.05) is 0 Å². The first kappa shape index (κ1) is 12.0. The highest BCUT2D eigenvalue weighted by Crippen LogP contribution is 2.08. The van der Waals surface area contributed by atoms with Gasteiger partial charge in [-0.1, -0.05) is 13.8 Å². The summed E-state index contributed by atoms with van der Waals surface area (Å²) >= 11 is 0. The average molecular weight is 212 g/mol. The van der Waals surface area contributed by atoms with Gasteiger partial charge in [-0.15, -0.1) is 0 Å². The van der Waals surface area contributed by atoms with Gasteiger partial charge in [-0.2, -0.15) is 0 Å². The van der Waals surface area contributed by atoms with Gasteiger partial charge >= 0.3 is 0 Å². The lowest BCUT2D eigenvalue weighted by molar-refractivity contribution is -0.133. The average Bonchev–Trinajstić information content (AvgIpc) is 2.51. The molecular formula is C11H20N2O2. The van der Waals surface area contributed by atoms with Gasteiger partial charge in [0.15, 0.2) is 0 Å². The molecule has 2 amide bonds. The smallest absolute Gasteiger partial charge is 0.239 e. The summed E-state index contributed by atoms with van der Waals surface area (Å²) < 4.78 is 0. The molecule has 0 saturated carbocycles. The minimum atomic E-state index is -0.0362. The van der Waals surface area contributed by atoms with Crippen LogP contribution in [0.5, 0.6) is 0 Å². The molecule has 1 rings (SSSR count). The van der Waals surface area contributed by atoms with Crippen molar-refractivity contribution in [2.24, 2.45) is 5.92 Å². The lowest BCUT2D eigenvalue weighted by Crippen LogP contribution is -2.38. The van der Waals surface area contributed by atoms with Crippen LogP contribution in [0.15, 0.2) is 0 Å². The first-order chi connectivity index (χ1) is 7.09. The maximum Gasteiger partial charge on any atom is 0.239 e. The van der Waals surface area contributed by atoms with Crippen molar-refractivity contribution in [3.8, 4) is 0 Å². The van der Waals surface area contributed by atoms with Gasteiger partial charge in [-0.25, -0.2) is 0 Å². The van der Waals surface area contributed by atoms with Crippen molar-refractivity contribution in [1.29, 1.82) is 0 Å². The zero-order valence-electron chi connectivity index (χ0n) is 9.58. The van der Waals surface area contributed by atoms with E-state index in [-0.39, 0.29) is 18.4 Å². The van der Waals surface area contributed by atoms with Crippen molar-refractivity contribution < 1.29 is 9.59 Å². The Hall–Kier alpha value is -1.06. The second-order valence-electron chi connectivity index (χ2n) is 4.45. The monoisotopic (exact) mass is 212 g/mol. The number of hydrogen-bond acceptors (Lipinski definition) is 2. The summed E-state index contributed by atoms with van der Waals surface area (Å²) in [6, 6.07) is 0. The molecule has 0 aromatic carbocycles. The highest BCUT2D eigenvalue weighted by molar-refractivity contribution is 5.85. The fourth-order valence-corrected chi connectivity index (χ4v) is 1.60. The van der Waals surface area contributed by atoms with Crippen LogP contribution >= 0.6 is 0 Å². The second-order valence-corrected chi connectivity index (χ2v) is 4.45. The summed E-state index contributed by atoms with van der Waals surface area (Å²) in [7, 11) is 0. The predicted octanol–water partition coefficient (Wildman–Crippen LogP) is 0.771. The molecule has 0 bridgehead atoms. The standard InChI is InChI=1S/C11H20N2O2/c1-9(2)5-6-12-10(14)8-13-7-3-4-11(13)15/h9H,3-8H2,1-2H3,(H,12,14). The lowest BCUT2D eigenvalue weighted by atomic mass is 10.1. The summed E-state index contributed by atoms with van der Waals surface area (Å²) in [5.41, 5.74) is 0. The SMILES string of the molecule is CC(C)CCNC(=O)CN1CCCC1=O. The molecule has 0 spiro atoms. The first-order valence-electron chi connectivity index (χ1n) is 5.64. The van der Waals surface area contributed by atoms with Crippen LogP contribution in [0.3, 0.4) is 0 Å². The van der Waals surface area contributed by atoms with Crippen molar-refractivity contribution in [3.63, 3.8) is 0 Å². The Morgan fingerprint density at radius 1 is 1.53 bits per heavy atom. The van der Waals surface area contributed by atoms with Gasteiger partial charge in [0, 0.05) is 19.5 Å². The topological polar surface area (TPSA) is 49.4 Å². The van der Waals surface area contributed by atoms with Crippen molar-refractivity contribution in [2.45, 2.75) is 33.1 Å². The van der Waals surface area contributed by atoms with Crippen LogP contribution in [0.1, 0.15) is 33.1 Å². The molecule has 1 heterocycles. The minimum absolute atomic E-state index is 0.0362. The Kier molecular flexibility index (Phi) is 4.59. The number of amides is 2. The van der Waals surface area contributed by atoms with Crippen molar-refractivity contribution in [2.75, 3.05) is 19.6 Å². The maximum absolute atomic E-state index is 11.4. The van der Waals surface area contributed by atoms with Crippen LogP contribution < -0.4 is 5.32 Å². The van der Waals surface area contributed by atoms with E-state index in [0.717, 1.165) is 19.4 Å². The van der Waals surface area contributed by atoms with E-state index in [1.165, 1.54) is 0 Å². The van der Waals surface area contributed by atoms with Gasteiger partial charge in [0.1, 0.15) is 0 Å². The molecule has 1 fully saturated rings. The molecule has 1 saturated heterocycles. The molecule has 0 radical (unpaired) electrons. The highest BCUT2D eigenvalue weighted by Gasteiger charge is 2.21. The number of nitrogens with zero attached hydrogens (tertiary/aromatic N) is 1. The molecule has 1 aliphatic rings. The molecule has 0 aliphatic carbocycles. The largest absolute Gasteiger partial charge is 0.355 e. The number of likely N-dealkylation sites (tertiary alicyclic amines) is 1. The van der Waals surface area contributed by atoms with Gasteiger partial charge in [0.05, 0.1) is 6.54 Å². The lowest BCUT2D eigenvalue weighted by Gasteiger charge is -2.15. The third-order valence-electron chi connectivity index (χ3n) is 2.55.